The van der Waals surface area contributed by atoms with E-state index in [1.807, 2.05) is 26.0 Å². The van der Waals surface area contributed by atoms with Crippen LogP contribution in [0.5, 0.6) is 23.0 Å². The average molecular weight is 424 g/mol. The van der Waals surface area contributed by atoms with E-state index in [0.717, 1.165) is 6.20 Å². The Bertz CT molecular complexity index is 1130. The number of hydrogen-bond acceptors (Lipinski definition) is 8. The number of ether oxygens (including phenoxy) is 4. The minimum atomic E-state index is -0.578. The molecule has 2 aliphatic rings. The Balaban J connectivity index is 1.34. The molecule has 0 spiro atoms. The number of rotatable bonds is 4. The highest BCUT2D eigenvalue weighted by molar-refractivity contribution is 5.64. The maximum absolute atomic E-state index is 14.3. The number of halogens is 1. The fourth-order valence-corrected chi connectivity index (χ4v) is 3.29. The van der Waals surface area contributed by atoms with Gasteiger partial charge in [-0.15, -0.1) is 0 Å². The summed E-state index contributed by atoms with van der Waals surface area (Å²) >= 11 is 0. The van der Waals surface area contributed by atoms with Gasteiger partial charge >= 0.3 is 0 Å². The molecule has 2 atom stereocenters. The van der Waals surface area contributed by atoms with Gasteiger partial charge in [0, 0.05) is 23.5 Å². The Morgan fingerprint density at radius 2 is 1.42 bits per heavy atom. The molecule has 8 nitrogen and oxygen atoms in total. The molecule has 2 aliphatic heterocycles. The van der Waals surface area contributed by atoms with Crippen LogP contribution in [0, 0.1) is 5.82 Å². The van der Waals surface area contributed by atoms with E-state index in [1.165, 1.54) is 0 Å². The van der Waals surface area contributed by atoms with E-state index in [-0.39, 0.29) is 24.0 Å². The van der Waals surface area contributed by atoms with Gasteiger partial charge in [-0.25, -0.2) is 9.37 Å². The van der Waals surface area contributed by atoms with Crippen LogP contribution in [0.3, 0.4) is 0 Å². The summed E-state index contributed by atoms with van der Waals surface area (Å²) in [6.07, 6.45) is 1.10. The smallest absolute Gasteiger partial charge is 0.229 e. The summed E-state index contributed by atoms with van der Waals surface area (Å²) in [6, 6.07) is 10.7. The van der Waals surface area contributed by atoms with E-state index in [9.17, 15) is 4.39 Å². The van der Waals surface area contributed by atoms with E-state index in [2.05, 4.69) is 20.6 Å². The number of nitrogens with zero attached hydrogens (tertiary/aromatic N) is 2. The Morgan fingerprint density at radius 1 is 0.839 bits per heavy atom. The molecule has 0 saturated heterocycles. The van der Waals surface area contributed by atoms with Crippen LogP contribution in [0.1, 0.15) is 13.8 Å². The van der Waals surface area contributed by atoms with Crippen LogP contribution < -0.4 is 29.6 Å². The lowest BCUT2D eigenvalue weighted by Crippen LogP contribution is -2.25. The Labute approximate surface area is 178 Å². The number of nitrogens with one attached hydrogen (secondary N) is 2. The van der Waals surface area contributed by atoms with Gasteiger partial charge in [-0.2, -0.15) is 4.98 Å². The zero-order chi connectivity index (χ0) is 21.4. The predicted molar refractivity (Wildman–Crippen MR) is 113 cm³/mol. The highest BCUT2D eigenvalue weighted by Crippen LogP contribution is 2.36. The molecule has 2 unspecified atom stereocenters. The third-order valence-corrected chi connectivity index (χ3v) is 4.75. The van der Waals surface area contributed by atoms with E-state index >= 15 is 0 Å². The van der Waals surface area contributed by atoms with Crippen LogP contribution in [0.25, 0.3) is 0 Å². The van der Waals surface area contributed by atoms with Crippen molar-refractivity contribution in [1.29, 1.82) is 0 Å². The first-order valence-electron chi connectivity index (χ1n) is 9.97. The first-order chi connectivity index (χ1) is 15.0. The first-order valence-corrected chi connectivity index (χ1v) is 9.97. The third-order valence-electron chi connectivity index (χ3n) is 4.75. The van der Waals surface area contributed by atoms with Gasteiger partial charge < -0.3 is 29.6 Å². The number of fused-ring (bicyclic) bond motifs is 2. The number of hydrogen-bond donors (Lipinski definition) is 2. The van der Waals surface area contributed by atoms with Gasteiger partial charge in [-0.1, -0.05) is 0 Å². The standard InChI is InChI=1S/C22H21FN4O4/c1-12-10-28-19-7-14(3-5-17(19)30-12)25-21-16(23)9-24-22(27-21)26-15-4-6-18-20(8-15)29-11-13(2)31-18/h3-9,12-13H,10-11H2,1-2H3,(H2,24,25,26,27). The molecule has 31 heavy (non-hydrogen) atoms. The summed E-state index contributed by atoms with van der Waals surface area (Å²) in [4.78, 5) is 8.28. The van der Waals surface area contributed by atoms with Crippen LogP contribution in [-0.2, 0) is 0 Å². The molecule has 5 rings (SSSR count). The van der Waals surface area contributed by atoms with Gasteiger partial charge in [0.1, 0.15) is 25.4 Å². The first kappa shape index (κ1) is 19.2. The summed E-state index contributed by atoms with van der Waals surface area (Å²) in [5.74, 6) is 2.26. The second kappa shape index (κ2) is 7.82. The summed E-state index contributed by atoms with van der Waals surface area (Å²) in [5, 5.41) is 6.03. The highest BCUT2D eigenvalue weighted by Gasteiger charge is 2.19. The van der Waals surface area contributed by atoms with Crippen molar-refractivity contribution in [2.24, 2.45) is 0 Å². The molecule has 160 valence electrons. The fraction of sp³-hybridized carbons (Fsp3) is 0.273. The molecule has 9 heteroatoms. The van der Waals surface area contributed by atoms with Crippen LogP contribution in [0.15, 0.2) is 42.6 Å². The molecule has 2 aromatic carbocycles. The van der Waals surface area contributed by atoms with Crippen molar-refractivity contribution >= 4 is 23.1 Å². The zero-order valence-electron chi connectivity index (χ0n) is 17.0. The lowest BCUT2D eigenvalue weighted by Gasteiger charge is -2.24. The van der Waals surface area contributed by atoms with Gasteiger partial charge in [0.2, 0.25) is 5.95 Å². The van der Waals surface area contributed by atoms with Crippen molar-refractivity contribution in [2.45, 2.75) is 26.1 Å². The van der Waals surface area contributed by atoms with Gasteiger partial charge in [0.25, 0.3) is 0 Å². The molecule has 0 amide bonds. The predicted octanol–water partition coefficient (Wildman–Crippen LogP) is 4.42. The van der Waals surface area contributed by atoms with E-state index < -0.39 is 5.82 Å². The van der Waals surface area contributed by atoms with Gasteiger partial charge in [0.15, 0.2) is 34.6 Å². The molecular weight excluding hydrogens is 403 g/mol. The van der Waals surface area contributed by atoms with Gasteiger partial charge in [-0.05, 0) is 38.1 Å². The number of anilines is 4. The molecule has 0 aliphatic carbocycles. The van der Waals surface area contributed by atoms with Crippen LogP contribution in [0.2, 0.25) is 0 Å². The number of aromatic nitrogens is 2. The summed E-state index contributed by atoms with van der Waals surface area (Å²) in [7, 11) is 0. The van der Waals surface area contributed by atoms with Crippen molar-refractivity contribution < 1.29 is 23.3 Å². The fourth-order valence-electron chi connectivity index (χ4n) is 3.29. The molecule has 0 saturated carbocycles. The molecule has 0 bridgehead atoms. The molecule has 0 fully saturated rings. The molecule has 0 radical (unpaired) electrons. The highest BCUT2D eigenvalue weighted by atomic mass is 19.1. The minimum absolute atomic E-state index is 0.00401. The van der Waals surface area contributed by atoms with Crippen molar-refractivity contribution in [3.63, 3.8) is 0 Å². The second-order valence-electron chi connectivity index (χ2n) is 7.44. The normalized spacial score (nSPS) is 18.9. The van der Waals surface area contributed by atoms with E-state index in [1.54, 1.807) is 24.3 Å². The van der Waals surface area contributed by atoms with Crippen molar-refractivity contribution in [3.8, 4) is 23.0 Å². The van der Waals surface area contributed by atoms with E-state index in [0.29, 0.717) is 47.6 Å². The minimum Gasteiger partial charge on any atom is -0.486 e. The molecule has 2 N–H and O–H groups in total. The number of benzene rings is 2. The Hall–Kier alpha value is -3.75. The van der Waals surface area contributed by atoms with Gasteiger partial charge in [0.05, 0.1) is 6.20 Å². The third kappa shape index (κ3) is 4.11. The second-order valence-corrected chi connectivity index (χ2v) is 7.44. The SMILES string of the molecule is CC1COc2cc(Nc3ncc(F)c(Nc4ccc5c(c4)OCC(C)O5)n3)ccc2O1. The molecule has 1 aromatic heterocycles. The lowest BCUT2D eigenvalue weighted by molar-refractivity contribution is 0.104. The summed E-state index contributed by atoms with van der Waals surface area (Å²) in [6.45, 7) is 4.81. The lowest BCUT2D eigenvalue weighted by atomic mass is 10.2. The summed E-state index contributed by atoms with van der Waals surface area (Å²) in [5.41, 5.74) is 1.32. The van der Waals surface area contributed by atoms with E-state index in [4.69, 9.17) is 18.9 Å². The maximum Gasteiger partial charge on any atom is 0.229 e. The summed E-state index contributed by atoms with van der Waals surface area (Å²) < 4.78 is 37.1. The maximum atomic E-state index is 14.3. The molecule has 3 aromatic rings. The Kier molecular flexibility index (Phi) is 4.85. The van der Waals surface area contributed by atoms with Crippen LogP contribution >= 0.6 is 0 Å². The molecule has 3 heterocycles. The van der Waals surface area contributed by atoms with Crippen LogP contribution in [-0.4, -0.2) is 35.4 Å². The zero-order valence-corrected chi connectivity index (χ0v) is 17.0. The average Bonchev–Trinajstić information content (AvgIpc) is 2.76. The van der Waals surface area contributed by atoms with Crippen molar-refractivity contribution in [1.82, 2.24) is 9.97 Å². The van der Waals surface area contributed by atoms with Crippen molar-refractivity contribution in [3.05, 3.63) is 48.4 Å². The topological polar surface area (TPSA) is 86.8 Å². The quantitative estimate of drug-likeness (QED) is 0.637. The monoisotopic (exact) mass is 424 g/mol. The largest absolute Gasteiger partial charge is 0.486 e. The van der Waals surface area contributed by atoms with Crippen molar-refractivity contribution in [2.75, 3.05) is 23.8 Å². The van der Waals surface area contributed by atoms with Gasteiger partial charge in [-0.3, -0.25) is 0 Å². The van der Waals surface area contributed by atoms with Crippen LogP contribution in [0.4, 0.5) is 27.5 Å². The Morgan fingerprint density at radius 3 is 2.03 bits per heavy atom. The molecular formula is C22H21FN4O4.